The van der Waals surface area contributed by atoms with Crippen LogP contribution in [-0.4, -0.2) is 68.9 Å². The van der Waals surface area contributed by atoms with E-state index < -0.39 is 6.10 Å². The lowest BCUT2D eigenvalue weighted by atomic mass is 10.1. The minimum absolute atomic E-state index is 0.0399. The molecule has 7 heteroatoms. The van der Waals surface area contributed by atoms with Gasteiger partial charge in [-0.05, 0) is 51.7 Å². The van der Waals surface area contributed by atoms with Crippen molar-refractivity contribution in [1.82, 2.24) is 14.7 Å². The van der Waals surface area contributed by atoms with E-state index in [2.05, 4.69) is 23.8 Å². The number of nitrogens with zero attached hydrogens (tertiary/aromatic N) is 3. The molecule has 170 valence electrons. The van der Waals surface area contributed by atoms with Gasteiger partial charge < -0.3 is 19.7 Å². The van der Waals surface area contributed by atoms with Gasteiger partial charge in [-0.1, -0.05) is 12.1 Å². The molecule has 2 N–H and O–H groups in total. The number of rotatable bonds is 8. The quantitative estimate of drug-likeness (QED) is 0.672. The van der Waals surface area contributed by atoms with E-state index in [0.717, 1.165) is 48.5 Å². The van der Waals surface area contributed by atoms with Gasteiger partial charge in [0, 0.05) is 37.0 Å². The number of aromatic nitrogens is 2. The maximum absolute atomic E-state index is 10.6. The Hall–Kier alpha value is -1.93. The average Bonchev–Trinajstić information content (AvgIpc) is 3.39. The van der Waals surface area contributed by atoms with Crippen molar-refractivity contribution < 1.29 is 19.7 Å². The molecule has 1 aromatic carbocycles. The fraction of sp³-hybridized carbons (Fsp3) is 0.625. The minimum atomic E-state index is -0.497. The molecule has 2 fully saturated rings. The van der Waals surface area contributed by atoms with E-state index in [-0.39, 0.29) is 24.9 Å². The van der Waals surface area contributed by atoms with Gasteiger partial charge in [0.2, 0.25) is 0 Å². The van der Waals surface area contributed by atoms with Gasteiger partial charge in [-0.25, -0.2) is 0 Å². The summed E-state index contributed by atoms with van der Waals surface area (Å²) >= 11 is 0. The Morgan fingerprint density at radius 3 is 2.58 bits per heavy atom. The number of ether oxygens (including phenoxy) is 2. The SMILES string of the molecule is CC1CN(CC(O)Cn2ccc(-c3ccc(CO)c(OC4CCCC4)c3)n2)CC(C)O1. The molecular formula is C24H35N3O4. The standard InChI is InChI=1S/C24H35N3O4/c1-17-12-26(13-18(2)30-17)14-21(29)15-27-10-9-23(25-27)19-7-8-20(16-28)24(11-19)31-22-5-3-4-6-22/h7-11,17-18,21-22,28-29H,3-6,12-16H2,1-2H3. The summed E-state index contributed by atoms with van der Waals surface area (Å²) in [6.45, 7) is 6.84. The molecule has 4 rings (SSSR count). The van der Waals surface area contributed by atoms with E-state index in [9.17, 15) is 10.2 Å². The minimum Gasteiger partial charge on any atom is -0.490 e. The number of aliphatic hydroxyl groups is 2. The summed E-state index contributed by atoms with van der Waals surface area (Å²) < 4.78 is 13.7. The van der Waals surface area contributed by atoms with E-state index in [1.807, 2.05) is 30.5 Å². The first-order chi connectivity index (χ1) is 15.0. The zero-order valence-corrected chi connectivity index (χ0v) is 18.6. The molecule has 1 aromatic heterocycles. The lowest BCUT2D eigenvalue weighted by Gasteiger charge is -2.36. The van der Waals surface area contributed by atoms with Crippen molar-refractivity contribution in [3.05, 3.63) is 36.0 Å². The van der Waals surface area contributed by atoms with Crippen LogP contribution in [-0.2, 0) is 17.9 Å². The third-order valence-electron chi connectivity index (χ3n) is 6.13. The lowest BCUT2D eigenvalue weighted by Crippen LogP contribution is -2.48. The molecule has 2 aromatic rings. The summed E-state index contributed by atoms with van der Waals surface area (Å²) in [6, 6.07) is 7.81. The molecule has 3 unspecified atom stereocenters. The Morgan fingerprint density at radius 2 is 1.87 bits per heavy atom. The van der Waals surface area contributed by atoms with Crippen molar-refractivity contribution in [2.24, 2.45) is 0 Å². The van der Waals surface area contributed by atoms with Gasteiger partial charge in [0.05, 0.1) is 43.3 Å². The Morgan fingerprint density at radius 1 is 1.13 bits per heavy atom. The van der Waals surface area contributed by atoms with Crippen LogP contribution < -0.4 is 4.74 Å². The molecule has 0 spiro atoms. The normalized spacial score (nSPS) is 23.9. The molecule has 3 atom stereocenters. The van der Waals surface area contributed by atoms with Crippen molar-refractivity contribution in [3.8, 4) is 17.0 Å². The Labute approximate surface area is 184 Å². The molecule has 1 aliphatic carbocycles. The highest BCUT2D eigenvalue weighted by atomic mass is 16.5. The van der Waals surface area contributed by atoms with Crippen LogP contribution in [0, 0.1) is 0 Å². The summed E-state index contributed by atoms with van der Waals surface area (Å²) in [6.07, 6.45) is 6.57. The highest BCUT2D eigenvalue weighted by molar-refractivity contribution is 5.62. The monoisotopic (exact) mass is 429 g/mol. The number of morpholine rings is 1. The molecule has 0 bridgehead atoms. The highest BCUT2D eigenvalue weighted by Crippen LogP contribution is 2.30. The Bertz CT molecular complexity index is 839. The molecular weight excluding hydrogens is 394 g/mol. The maximum Gasteiger partial charge on any atom is 0.125 e. The summed E-state index contributed by atoms with van der Waals surface area (Å²) in [5, 5.41) is 24.9. The van der Waals surface area contributed by atoms with Crippen LogP contribution in [0.2, 0.25) is 0 Å². The molecule has 2 heterocycles. The molecule has 1 saturated heterocycles. The molecule has 0 amide bonds. The van der Waals surface area contributed by atoms with Crippen molar-refractivity contribution in [2.45, 2.75) is 77.1 Å². The summed E-state index contributed by atoms with van der Waals surface area (Å²) in [5.74, 6) is 0.747. The number of β-amino-alcohol motifs (C(OH)–C–C–N with tert-alkyl or cyclic N) is 1. The number of hydrogen-bond donors (Lipinski definition) is 2. The van der Waals surface area contributed by atoms with E-state index in [1.165, 1.54) is 12.8 Å². The number of benzene rings is 1. The number of aliphatic hydroxyl groups excluding tert-OH is 2. The second-order valence-electron chi connectivity index (χ2n) is 9.06. The predicted octanol–water partition coefficient (Wildman–Crippen LogP) is 2.83. The fourth-order valence-corrected chi connectivity index (χ4v) is 4.76. The van der Waals surface area contributed by atoms with E-state index in [4.69, 9.17) is 9.47 Å². The Kier molecular flexibility index (Phi) is 7.27. The lowest BCUT2D eigenvalue weighted by molar-refractivity contribution is -0.0774. The van der Waals surface area contributed by atoms with Crippen LogP contribution >= 0.6 is 0 Å². The van der Waals surface area contributed by atoms with Gasteiger partial charge in [0.1, 0.15) is 5.75 Å². The van der Waals surface area contributed by atoms with Gasteiger partial charge >= 0.3 is 0 Å². The van der Waals surface area contributed by atoms with E-state index in [0.29, 0.717) is 13.1 Å². The first kappa shape index (κ1) is 22.3. The van der Waals surface area contributed by atoms with Gasteiger partial charge in [-0.3, -0.25) is 9.58 Å². The van der Waals surface area contributed by atoms with Crippen LogP contribution in [0.5, 0.6) is 5.75 Å². The highest BCUT2D eigenvalue weighted by Gasteiger charge is 2.24. The van der Waals surface area contributed by atoms with Gasteiger partial charge in [0.15, 0.2) is 0 Å². The molecule has 1 saturated carbocycles. The summed E-state index contributed by atoms with van der Waals surface area (Å²) in [7, 11) is 0. The fourth-order valence-electron chi connectivity index (χ4n) is 4.76. The zero-order valence-electron chi connectivity index (χ0n) is 18.6. The molecule has 0 radical (unpaired) electrons. The van der Waals surface area contributed by atoms with Gasteiger partial charge in [-0.2, -0.15) is 5.10 Å². The summed E-state index contributed by atoms with van der Waals surface area (Å²) in [5.41, 5.74) is 2.59. The first-order valence-corrected chi connectivity index (χ1v) is 11.5. The van der Waals surface area contributed by atoms with Crippen molar-refractivity contribution in [3.63, 3.8) is 0 Å². The first-order valence-electron chi connectivity index (χ1n) is 11.5. The molecule has 1 aliphatic heterocycles. The van der Waals surface area contributed by atoms with Crippen LogP contribution in [0.4, 0.5) is 0 Å². The number of hydrogen-bond acceptors (Lipinski definition) is 6. The maximum atomic E-state index is 10.6. The average molecular weight is 430 g/mol. The second-order valence-corrected chi connectivity index (χ2v) is 9.06. The molecule has 7 nitrogen and oxygen atoms in total. The van der Waals surface area contributed by atoms with Gasteiger partial charge in [0.25, 0.3) is 0 Å². The molecule has 31 heavy (non-hydrogen) atoms. The van der Waals surface area contributed by atoms with Crippen LogP contribution in [0.1, 0.15) is 45.1 Å². The second kappa shape index (κ2) is 10.1. The zero-order chi connectivity index (χ0) is 21.8. The van der Waals surface area contributed by atoms with Crippen molar-refractivity contribution in [1.29, 1.82) is 0 Å². The Balaban J connectivity index is 1.39. The third-order valence-corrected chi connectivity index (χ3v) is 6.13. The predicted molar refractivity (Wildman–Crippen MR) is 119 cm³/mol. The largest absolute Gasteiger partial charge is 0.490 e. The summed E-state index contributed by atoms with van der Waals surface area (Å²) in [4.78, 5) is 2.26. The van der Waals surface area contributed by atoms with Gasteiger partial charge in [-0.15, -0.1) is 0 Å². The topological polar surface area (TPSA) is 80.0 Å². The van der Waals surface area contributed by atoms with Crippen molar-refractivity contribution in [2.75, 3.05) is 19.6 Å². The smallest absolute Gasteiger partial charge is 0.125 e. The van der Waals surface area contributed by atoms with Crippen LogP contribution in [0.15, 0.2) is 30.5 Å². The molecule has 2 aliphatic rings. The van der Waals surface area contributed by atoms with Crippen molar-refractivity contribution >= 4 is 0 Å². The third kappa shape index (κ3) is 5.86. The van der Waals surface area contributed by atoms with E-state index in [1.54, 1.807) is 4.68 Å². The van der Waals surface area contributed by atoms with Crippen LogP contribution in [0.3, 0.4) is 0 Å². The van der Waals surface area contributed by atoms with Crippen LogP contribution in [0.25, 0.3) is 11.3 Å². The van der Waals surface area contributed by atoms with E-state index >= 15 is 0 Å².